The van der Waals surface area contributed by atoms with Gasteiger partial charge in [-0.15, -0.1) is 0 Å². The van der Waals surface area contributed by atoms with Gasteiger partial charge in [0, 0.05) is 39.8 Å². The van der Waals surface area contributed by atoms with Gasteiger partial charge in [-0.2, -0.15) is 13.2 Å². The number of nitrogens with zero attached hydrogens (tertiary/aromatic N) is 3. The topological polar surface area (TPSA) is 40.1 Å². The zero-order chi connectivity index (χ0) is 20.4. The molecule has 1 heterocycles. The molecule has 0 bridgehead atoms. The van der Waals surface area contributed by atoms with E-state index in [1.807, 2.05) is 6.92 Å². The van der Waals surface area contributed by atoms with Crippen LogP contribution in [-0.4, -0.2) is 81.0 Å². The van der Waals surface area contributed by atoms with Crippen LogP contribution in [0.5, 0.6) is 0 Å². The van der Waals surface area contributed by atoms with E-state index in [4.69, 9.17) is 4.74 Å². The van der Waals surface area contributed by atoms with Crippen LogP contribution >= 0.6 is 0 Å². The molecule has 0 aromatic rings. The number of hydrogen-bond acceptors (Lipinski definition) is 3. The van der Waals surface area contributed by atoms with Crippen molar-refractivity contribution in [2.75, 3.05) is 52.9 Å². The van der Waals surface area contributed by atoms with Crippen molar-refractivity contribution in [2.24, 2.45) is 16.8 Å². The first-order chi connectivity index (χ1) is 12.7. The molecule has 1 rings (SSSR count). The molecule has 2 atom stereocenters. The highest BCUT2D eigenvalue weighted by atomic mass is 19.4. The largest absolute Gasteiger partial charge is 0.401 e. The summed E-state index contributed by atoms with van der Waals surface area (Å²) < 4.78 is 43.7. The first-order valence-corrected chi connectivity index (χ1v) is 10.1. The fourth-order valence-corrected chi connectivity index (χ4v) is 3.58. The Morgan fingerprint density at radius 2 is 2.04 bits per heavy atom. The smallest absolute Gasteiger partial charge is 0.378 e. The van der Waals surface area contributed by atoms with Gasteiger partial charge in [0.15, 0.2) is 5.96 Å². The number of nitrogens with one attached hydrogen (secondary N) is 1. The summed E-state index contributed by atoms with van der Waals surface area (Å²) in [5, 5.41) is 3.38. The summed E-state index contributed by atoms with van der Waals surface area (Å²) in [6.07, 6.45) is -2.13. The number of ether oxygens (including phenoxy) is 1. The maximum Gasteiger partial charge on any atom is 0.401 e. The average Bonchev–Trinajstić information content (AvgIpc) is 3.04. The molecule has 0 radical (unpaired) electrons. The minimum atomic E-state index is -4.14. The number of halogens is 3. The third-order valence-electron chi connectivity index (χ3n) is 5.00. The Bertz CT molecular complexity index is 443. The lowest BCUT2D eigenvalue weighted by Gasteiger charge is -2.26. The summed E-state index contributed by atoms with van der Waals surface area (Å²) in [6.45, 7) is 11.2. The van der Waals surface area contributed by atoms with Crippen LogP contribution in [0.15, 0.2) is 4.99 Å². The molecule has 0 aromatic heterocycles. The Morgan fingerprint density at radius 3 is 2.56 bits per heavy atom. The molecule has 0 saturated carbocycles. The van der Waals surface area contributed by atoms with Crippen LogP contribution in [0.1, 0.15) is 40.5 Å². The molecule has 1 N–H and O–H groups in total. The van der Waals surface area contributed by atoms with Gasteiger partial charge < -0.3 is 15.0 Å². The van der Waals surface area contributed by atoms with Gasteiger partial charge in [0.1, 0.15) is 0 Å². The molecule has 1 aliphatic heterocycles. The van der Waals surface area contributed by atoms with Gasteiger partial charge in [0.25, 0.3) is 0 Å². The Hall–Kier alpha value is -1.02. The third-order valence-corrected chi connectivity index (χ3v) is 5.00. The van der Waals surface area contributed by atoms with E-state index < -0.39 is 12.7 Å². The van der Waals surface area contributed by atoms with E-state index in [9.17, 15) is 13.2 Å². The Labute approximate surface area is 162 Å². The number of likely N-dealkylation sites (tertiary alicyclic amines) is 1. The van der Waals surface area contributed by atoms with Gasteiger partial charge in [-0.1, -0.05) is 20.8 Å². The second kappa shape index (κ2) is 11.7. The highest BCUT2D eigenvalue weighted by Crippen LogP contribution is 2.21. The summed E-state index contributed by atoms with van der Waals surface area (Å²) >= 11 is 0. The molecule has 1 saturated heterocycles. The molecule has 8 heteroatoms. The minimum Gasteiger partial charge on any atom is -0.378 e. The molecule has 0 aliphatic carbocycles. The van der Waals surface area contributed by atoms with E-state index in [1.165, 1.54) is 4.90 Å². The maximum absolute atomic E-state index is 12.7. The third kappa shape index (κ3) is 9.14. The van der Waals surface area contributed by atoms with E-state index in [1.54, 1.807) is 14.0 Å². The first kappa shape index (κ1) is 24.0. The van der Waals surface area contributed by atoms with Crippen LogP contribution in [-0.2, 0) is 4.74 Å². The summed E-state index contributed by atoms with van der Waals surface area (Å²) in [6, 6.07) is 0. The van der Waals surface area contributed by atoms with Gasteiger partial charge in [0.2, 0.25) is 0 Å². The second-order valence-electron chi connectivity index (χ2n) is 7.54. The van der Waals surface area contributed by atoms with Crippen LogP contribution in [0.4, 0.5) is 13.2 Å². The van der Waals surface area contributed by atoms with Crippen LogP contribution in [0.25, 0.3) is 0 Å². The SMILES string of the molecule is CCOC(CCNC(=NC)N1CCC(CN(CC)CC(F)(F)F)C1)C(C)C. The summed E-state index contributed by atoms with van der Waals surface area (Å²) in [5.41, 5.74) is 0. The number of rotatable bonds is 10. The van der Waals surface area contributed by atoms with E-state index in [-0.39, 0.29) is 12.0 Å². The van der Waals surface area contributed by atoms with E-state index >= 15 is 0 Å². The van der Waals surface area contributed by atoms with Crippen molar-refractivity contribution in [1.29, 1.82) is 0 Å². The fourth-order valence-electron chi connectivity index (χ4n) is 3.58. The standard InChI is InChI=1S/C19H37F3N4O/c1-6-25(14-19(20,21)22)12-16-9-11-26(13-16)18(23-5)24-10-8-17(15(3)4)27-7-2/h15-17H,6-14H2,1-5H3,(H,23,24). The number of aliphatic imine (C=N–C) groups is 1. The highest BCUT2D eigenvalue weighted by Gasteiger charge is 2.33. The van der Waals surface area contributed by atoms with Crippen molar-refractivity contribution < 1.29 is 17.9 Å². The maximum atomic E-state index is 12.7. The van der Waals surface area contributed by atoms with Crippen LogP contribution in [0, 0.1) is 11.8 Å². The Balaban J connectivity index is 2.45. The molecular formula is C19H37F3N4O. The lowest BCUT2D eigenvalue weighted by Crippen LogP contribution is -2.42. The Kier molecular flexibility index (Phi) is 10.4. The van der Waals surface area contributed by atoms with Crippen molar-refractivity contribution in [2.45, 2.75) is 52.8 Å². The van der Waals surface area contributed by atoms with Crippen molar-refractivity contribution in [3.63, 3.8) is 0 Å². The summed E-state index contributed by atoms with van der Waals surface area (Å²) in [5.74, 6) is 1.52. The van der Waals surface area contributed by atoms with Crippen LogP contribution < -0.4 is 5.32 Å². The molecule has 1 aliphatic rings. The van der Waals surface area contributed by atoms with Crippen LogP contribution in [0.3, 0.4) is 0 Å². The molecule has 0 amide bonds. The molecule has 1 fully saturated rings. The minimum absolute atomic E-state index is 0.215. The molecule has 160 valence electrons. The van der Waals surface area contributed by atoms with Gasteiger partial charge in [0.05, 0.1) is 12.6 Å². The van der Waals surface area contributed by atoms with Crippen LogP contribution in [0.2, 0.25) is 0 Å². The Morgan fingerprint density at radius 1 is 1.33 bits per heavy atom. The van der Waals surface area contributed by atoms with Crippen molar-refractivity contribution in [3.05, 3.63) is 0 Å². The van der Waals surface area contributed by atoms with Crippen molar-refractivity contribution in [3.8, 4) is 0 Å². The zero-order valence-corrected chi connectivity index (χ0v) is 17.5. The monoisotopic (exact) mass is 394 g/mol. The second-order valence-corrected chi connectivity index (χ2v) is 7.54. The zero-order valence-electron chi connectivity index (χ0n) is 17.5. The molecule has 27 heavy (non-hydrogen) atoms. The summed E-state index contributed by atoms with van der Waals surface area (Å²) in [7, 11) is 1.75. The molecule has 0 aromatic carbocycles. The van der Waals surface area contributed by atoms with Gasteiger partial charge in [-0.05, 0) is 38.1 Å². The van der Waals surface area contributed by atoms with Gasteiger partial charge in [-0.3, -0.25) is 9.89 Å². The van der Waals surface area contributed by atoms with E-state index in [2.05, 4.69) is 29.1 Å². The van der Waals surface area contributed by atoms with Gasteiger partial charge >= 0.3 is 6.18 Å². The normalized spacial score (nSPS) is 20.0. The summed E-state index contributed by atoms with van der Waals surface area (Å²) in [4.78, 5) is 7.98. The highest BCUT2D eigenvalue weighted by molar-refractivity contribution is 5.80. The molecule has 0 spiro atoms. The average molecular weight is 395 g/mol. The number of hydrogen-bond donors (Lipinski definition) is 1. The number of alkyl halides is 3. The number of guanidine groups is 1. The van der Waals surface area contributed by atoms with E-state index in [0.29, 0.717) is 25.6 Å². The first-order valence-electron chi connectivity index (χ1n) is 10.1. The van der Waals surface area contributed by atoms with Crippen molar-refractivity contribution >= 4 is 5.96 Å². The molecular weight excluding hydrogens is 357 g/mol. The molecule has 2 unspecified atom stereocenters. The predicted octanol–water partition coefficient (Wildman–Crippen LogP) is 3.22. The lowest BCUT2D eigenvalue weighted by atomic mass is 10.0. The lowest BCUT2D eigenvalue weighted by molar-refractivity contribution is -0.146. The molecule has 5 nitrogen and oxygen atoms in total. The van der Waals surface area contributed by atoms with Gasteiger partial charge in [-0.25, -0.2) is 0 Å². The quantitative estimate of drug-likeness (QED) is 0.456. The van der Waals surface area contributed by atoms with E-state index in [0.717, 1.165) is 38.4 Å². The predicted molar refractivity (Wildman–Crippen MR) is 104 cm³/mol. The van der Waals surface area contributed by atoms with Crippen molar-refractivity contribution in [1.82, 2.24) is 15.1 Å². The fraction of sp³-hybridized carbons (Fsp3) is 0.947.